The maximum atomic E-state index is 12.0. The molecule has 0 spiro atoms. The topological polar surface area (TPSA) is 142 Å². The van der Waals surface area contributed by atoms with Gasteiger partial charge in [0.2, 0.25) is 5.91 Å². The van der Waals surface area contributed by atoms with Crippen molar-refractivity contribution in [3.63, 3.8) is 0 Å². The van der Waals surface area contributed by atoms with E-state index in [0.29, 0.717) is 6.42 Å². The molecular weight excluding hydrogens is 366 g/mol. The zero-order valence-corrected chi connectivity index (χ0v) is 16.9. The highest BCUT2D eigenvalue weighted by atomic mass is 16.6. The van der Waals surface area contributed by atoms with Gasteiger partial charge in [0.1, 0.15) is 11.6 Å². The Bertz CT molecular complexity index is 670. The van der Waals surface area contributed by atoms with Gasteiger partial charge in [-0.25, -0.2) is 9.59 Å². The molecule has 3 amide bonds. The van der Waals surface area contributed by atoms with Crippen LogP contribution in [-0.4, -0.2) is 54.1 Å². The molecule has 1 rings (SSSR count). The third-order valence-corrected chi connectivity index (χ3v) is 3.23. The Morgan fingerprint density at radius 3 is 1.96 bits per heavy atom. The number of hydrogen-bond acceptors (Lipinski definition) is 6. The molecule has 9 nitrogen and oxygen atoms in total. The number of ether oxygens (including phenoxy) is 2. The summed E-state index contributed by atoms with van der Waals surface area (Å²) in [4.78, 5) is 44.7. The Morgan fingerprint density at radius 2 is 1.61 bits per heavy atom. The lowest BCUT2D eigenvalue weighted by Gasteiger charge is -2.29. The van der Waals surface area contributed by atoms with Crippen molar-refractivity contribution in [2.45, 2.75) is 45.8 Å². The van der Waals surface area contributed by atoms with E-state index in [2.05, 4.69) is 10.5 Å². The molecule has 28 heavy (non-hydrogen) atoms. The highest BCUT2D eigenvalue weighted by molar-refractivity contribution is 6.31. The number of nitrogens with two attached hydrogens (primary N) is 2. The van der Waals surface area contributed by atoms with E-state index in [-0.39, 0.29) is 6.61 Å². The maximum absolute atomic E-state index is 12.0. The fourth-order valence-corrected chi connectivity index (χ4v) is 1.93. The molecule has 0 radical (unpaired) electrons. The summed E-state index contributed by atoms with van der Waals surface area (Å²) < 4.78 is 9.44. The molecule has 9 heteroatoms. The molecule has 0 aliphatic heterocycles. The molecule has 1 atom stereocenters. The summed E-state index contributed by atoms with van der Waals surface area (Å²) in [5.74, 6) is -2.58. The molecule has 156 valence electrons. The van der Waals surface area contributed by atoms with Gasteiger partial charge in [-0.2, -0.15) is 0 Å². The molecule has 0 aromatic heterocycles. The third kappa shape index (κ3) is 10.1. The van der Waals surface area contributed by atoms with E-state index in [1.54, 1.807) is 27.7 Å². The Morgan fingerprint density at radius 1 is 1.07 bits per heavy atom. The largest absolute Gasteiger partial charge is 0.459 e. The highest BCUT2D eigenvalue weighted by Gasteiger charge is 2.28. The summed E-state index contributed by atoms with van der Waals surface area (Å²) in [7, 11) is 1.52. The van der Waals surface area contributed by atoms with Crippen LogP contribution < -0.4 is 11.5 Å². The summed E-state index contributed by atoms with van der Waals surface area (Å²) in [6, 6.07) is 8.69. The lowest BCUT2D eigenvalue weighted by atomic mass is 10.0. The molecule has 1 aromatic carbocycles. The average molecular weight is 395 g/mol. The van der Waals surface area contributed by atoms with Gasteiger partial charge < -0.3 is 20.9 Å². The first-order valence-corrected chi connectivity index (χ1v) is 8.64. The average Bonchev–Trinajstić information content (AvgIpc) is 2.59. The molecule has 0 heterocycles. The van der Waals surface area contributed by atoms with Crippen LogP contribution in [0.3, 0.4) is 0 Å². The monoisotopic (exact) mass is 395 g/mol. The number of nitrogens with zero attached hydrogens (tertiary/aromatic N) is 1. The number of benzene rings is 1. The Kier molecular flexibility index (Phi) is 10.3. The van der Waals surface area contributed by atoms with Gasteiger partial charge in [0.05, 0.1) is 6.61 Å². The van der Waals surface area contributed by atoms with Gasteiger partial charge in [0.25, 0.3) is 0 Å². The summed E-state index contributed by atoms with van der Waals surface area (Å²) in [5, 5.41) is 0. The standard InChI is InChI=1S/C15H22N2O3.C4H7NO3/c1-15(2,3)20-14(19)17(4)12(13(16)18)10-11-8-6-5-7-9-11;1-2-8-4(7)3(5)6/h5-9,12H,10H2,1-4H3,(H2,16,18);2H2,1H3,(H2,5,6)/t12-;/m1./s1. The number of amides is 3. The number of carbonyl (C=O) groups is 4. The smallest absolute Gasteiger partial charge is 0.410 e. The van der Waals surface area contributed by atoms with E-state index in [1.807, 2.05) is 30.3 Å². The lowest BCUT2D eigenvalue weighted by Crippen LogP contribution is -2.48. The minimum absolute atomic E-state index is 0.182. The quantitative estimate of drug-likeness (QED) is 0.562. The van der Waals surface area contributed by atoms with Crippen molar-refractivity contribution in [3.05, 3.63) is 35.9 Å². The Balaban J connectivity index is 0.000000769. The predicted molar refractivity (Wildman–Crippen MR) is 103 cm³/mol. The van der Waals surface area contributed by atoms with Gasteiger partial charge in [-0.15, -0.1) is 0 Å². The van der Waals surface area contributed by atoms with Crippen LogP contribution in [0.5, 0.6) is 0 Å². The minimum Gasteiger partial charge on any atom is -0.459 e. The highest BCUT2D eigenvalue weighted by Crippen LogP contribution is 2.13. The number of rotatable bonds is 5. The Labute approximate surface area is 164 Å². The van der Waals surface area contributed by atoms with E-state index < -0.39 is 35.5 Å². The second-order valence-electron chi connectivity index (χ2n) is 6.78. The van der Waals surface area contributed by atoms with Crippen LogP contribution in [0.15, 0.2) is 30.3 Å². The number of hydrogen-bond donors (Lipinski definition) is 2. The van der Waals surface area contributed by atoms with Gasteiger partial charge in [0, 0.05) is 13.5 Å². The van der Waals surface area contributed by atoms with Crippen molar-refractivity contribution in [1.82, 2.24) is 4.90 Å². The first-order valence-electron chi connectivity index (χ1n) is 8.64. The van der Waals surface area contributed by atoms with E-state index >= 15 is 0 Å². The molecule has 0 unspecified atom stereocenters. The predicted octanol–water partition coefficient (Wildman–Crippen LogP) is 0.985. The van der Waals surface area contributed by atoms with Crippen LogP contribution >= 0.6 is 0 Å². The van der Waals surface area contributed by atoms with Crippen molar-refractivity contribution in [2.75, 3.05) is 13.7 Å². The number of carbonyl (C=O) groups excluding carboxylic acids is 4. The normalized spacial score (nSPS) is 11.3. The van der Waals surface area contributed by atoms with E-state index in [4.69, 9.17) is 10.5 Å². The van der Waals surface area contributed by atoms with Crippen molar-refractivity contribution in [2.24, 2.45) is 11.5 Å². The second kappa shape index (κ2) is 11.6. The first kappa shape index (κ1) is 24.9. The van der Waals surface area contributed by atoms with Crippen LogP contribution in [0.25, 0.3) is 0 Å². The zero-order chi connectivity index (χ0) is 21.9. The SMILES string of the molecule is CCOC(=O)C(N)=O.CN(C(=O)OC(C)(C)C)[C@H](Cc1ccccc1)C(N)=O. The second-order valence-corrected chi connectivity index (χ2v) is 6.78. The van der Waals surface area contributed by atoms with E-state index in [0.717, 1.165) is 5.56 Å². The van der Waals surface area contributed by atoms with Crippen LogP contribution in [0.1, 0.15) is 33.3 Å². The molecule has 1 aromatic rings. The zero-order valence-electron chi connectivity index (χ0n) is 16.9. The van der Waals surface area contributed by atoms with Gasteiger partial charge in [0.15, 0.2) is 0 Å². The fourth-order valence-electron chi connectivity index (χ4n) is 1.93. The van der Waals surface area contributed by atoms with Crippen molar-refractivity contribution < 1.29 is 28.7 Å². The number of primary amides is 2. The molecule has 0 aliphatic rings. The van der Waals surface area contributed by atoms with Crippen molar-refractivity contribution in [3.8, 4) is 0 Å². The van der Waals surface area contributed by atoms with Crippen molar-refractivity contribution >= 4 is 23.9 Å². The number of esters is 1. The van der Waals surface area contributed by atoms with Gasteiger partial charge in [-0.1, -0.05) is 30.3 Å². The van der Waals surface area contributed by atoms with E-state index in [9.17, 15) is 19.2 Å². The van der Waals surface area contributed by atoms with Gasteiger partial charge in [-0.05, 0) is 33.3 Å². The molecule has 0 fully saturated rings. The van der Waals surface area contributed by atoms with Gasteiger partial charge in [-0.3, -0.25) is 14.5 Å². The summed E-state index contributed by atoms with van der Waals surface area (Å²) in [6.07, 6.45) is -0.191. The fraction of sp³-hybridized carbons (Fsp3) is 0.474. The Hall–Kier alpha value is -3.10. The number of likely N-dealkylation sites (N-methyl/N-ethyl adjacent to an activating group) is 1. The first-order chi connectivity index (χ1) is 12.9. The maximum Gasteiger partial charge on any atom is 0.410 e. The van der Waals surface area contributed by atoms with Crippen molar-refractivity contribution in [1.29, 1.82) is 0 Å². The minimum atomic E-state index is -1.05. The molecule has 0 aliphatic carbocycles. The van der Waals surface area contributed by atoms with Crippen LogP contribution in [-0.2, 0) is 30.3 Å². The third-order valence-electron chi connectivity index (χ3n) is 3.23. The summed E-state index contributed by atoms with van der Waals surface area (Å²) in [5.41, 5.74) is 10.2. The molecular formula is C19H29N3O6. The molecule has 0 bridgehead atoms. The van der Waals surface area contributed by atoms with Crippen LogP contribution in [0.2, 0.25) is 0 Å². The molecule has 0 saturated heterocycles. The van der Waals surface area contributed by atoms with E-state index in [1.165, 1.54) is 11.9 Å². The summed E-state index contributed by atoms with van der Waals surface area (Å²) in [6.45, 7) is 7.10. The van der Waals surface area contributed by atoms with Gasteiger partial charge >= 0.3 is 18.0 Å². The van der Waals surface area contributed by atoms with Crippen LogP contribution in [0.4, 0.5) is 4.79 Å². The molecule has 0 saturated carbocycles. The van der Waals surface area contributed by atoms with Crippen LogP contribution in [0, 0.1) is 0 Å². The lowest BCUT2D eigenvalue weighted by molar-refractivity contribution is -0.153. The summed E-state index contributed by atoms with van der Waals surface area (Å²) >= 11 is 0. The molecule has 4 N–H and O–H groups in total.